The molecule has 0 bridgehead atoms. The second-order valence-electron chi connectivity index (χ2n) is 6.37. The van der Waals surface area contributed by atoms with Crippen molar-refractivity contribution in [2.75, 3.05) is 0 Å². The lowest BCUT2D eigenvalue weighted by atomic mass is 9.89. The van der Waals surface area contributed by atoms with Gasteiger partial charge in [-0.3, -0.25) is 0 Å². The molecule has 3 unspecified atom stereocenters. The van der Waals surface area contributed by atoms with Gasteiger partial charge in [0.2, 0.25) is 11.8 Å². The van der Waals surface area contributed by atoms with Crippen molar-refractivity contribution in [1.29, 1.82) is 5.26 Å². The number of rotatable bonds is 7. The second-order valence-corrected chi connectivity index (χ2v) is 6.37. The van der Waals surface area contributed by atoms with Crippen LogP contribution in [0, 0.1) is 17.2 Å². The molecular formula is C17H19N7O2. The van der Waals surface area contributed by atoms with Crippen LogP contribution in [-0.4, -0.2) is 35.9 Å². The molecule has 3 atom stereocenters. The molecule has 0 aliphatic rings. The lowest BCUT2D eigenvalue weighted by Gasteiger charge is -2.15. The number of hydrogen-bond donors (Lipinski definition) is 2. The number of phenolic OH excluding ortho intramolecular Hbond substituents is 1. The highest BCUT2D eigenvalue weighted by atomic mass is 16.4. The summed E-state index contributed by atoms with van der Waals surface area (Å²) in [6.07, 6.45) is 1.20. The summed E-state index contributed by atoms with van der Waals surface area (Å²) in [5.74, 6) is 1.30. The third-order valence-electron chi connectivity index (χ3n) is 4.22. The van der Waals surface area contributed by atoms with Gasteiger partial charge in [0.15, 0.2) is 5.82 Å². The van der Waals surface area contributed by atoms with Crippen molar-refractivity contribution >= 4 is 0 Å². The topological polar surface area (TPSA) is 137 Å². The van der Waals surface area contributed by atoms with Crippen LogP contribution in [0.1, 0.15) is 50.2 Å². The molecule has 0 radical (unpaired) electrons. The van der Waals surface area contributed by atoms with E-state index in [2.05, 4.69) is 36.9 Å². The van der Waals surface area contributed by atoms with Gasteiger partial charge < -0.3 is 9.52 Å². The number of aromatic amines is 1. The van der Waals surface area contributed by atoms with Crippen molar-refractivity contribution in [3.05, 3.63) is 36.0 Å². The van der Waals surface area contributed by atoms with Crippen molar-refractivity contribution < 1.29 is 9.52 Å². The first-order chi connectivity index (χ1) is 12.6. The van der Waals surface area contributed by atoms with Crippen LogP contribution in [0.4, 0.5) is 0 Å². The zero-order valence-electron chi connectivity index (χ0n) is 14.5. The van der Waals surface area contributed by atoms with Crippen LogP contribution in [0.15, 0.2) is 28.7 Å². The van der Waals surface area contributed by atoms with E-state index in [4.69, 9.17) is 4.42 Å². The number of benzene rings is 1. The van der Waals surface area contributed by atoms with Crippen molar-refractivity contribution in [3.63, 3.8) is 0 Å². The van der Waals surface area contributed by atoms with E-state index < -0.39 is 0 Å². The quantitative estimate of drug-likeness (QED) is 0.661. The van der Waals surface area contributed by atoms with E-state index in [1.165, 1.54) is 0 Å². The molecule has 1 aromatic carbocycles. The fourth-order valence-electron chi connectivity index (χ4n) is 2.83. The minimum Gasteiger partial charge on any atom is -0.508 e. The van der Waals surface area contributed by atoms with Gasteiger partial charge in [0, 0.05) is 23.3 Å². The molecule has 9 heteroatoms. The maximum Gasteiger partial charge on any atom is 0.247 e. The second kappa shape index (κ2) is 7.74. The molecule has 0 amide bonds. The summed E-state index contributed by atoms with van der Waals surface area (Å²) < 4.78 is 5.73. The Morgan fingerprint density at radius 3 is 2.69 bits per heavy atom. The van der Waals surface area contributed by atoms with Gasteiger partial charge in [-0.05, 0) is 31.0 Å². The summed E-state index contributed by atoms with van der Waals surface area (Å²) >= 11 is 0. The molecule has 0 saturated heterocycles. The maximum atomic E-state index is 9.56. The van der Waals surface area contributed by atoms with Gasteiger partial charge in [-0.15, -0.1) is 20.4 Å². The zero-order valence-corrected chi connectivity index (χ0v) is 14.5. The van der Waals surface area contributed by atoms with Crippen LogP contribution in [0.3, 0.4) is 0 Å². The molecule has 2 N–H and O–H groups in total. The molecule has 0 aliphatic heterocycles. The first kappa shape index (κ1) is 17.5. The van der Waals surface area contributed by atoms with Crippen molar-refractivity contribution in [2.45, 2.75) is 38.5 Å². The van der Waals surface area contributed by atoms with Crippen LogP contribution in [0.2, 0.25) is 0 Å². The van der Waals surface area contributed by atoms with Crippen LogP contribution in [-0.2, 0) is 0 Å². The third-order valence-corrected chi connectivity index (χ3v) is 4.22. The molecule has 0 spiro atoms. The van der Waals surface area contributed by atoms with Gasteiger partial charge in [0.25, 0.3) is 0 Å². The largest absolute Gasteiger partial charge is 0.508 e. The molecule has 0 aliphatic carbocycles. The van der Waals surface area contributed by atoms with Gasteiger partial charge in [-0.1, -0.05) is 25.1 Å². The number of hydrogen-bond acceptors (Lipinski definition) is 8. The number of nitrogens with one attached hydrogen (secondary N) is 1. The lowest BCUT2D eigenvalue weighted by molar-refractivity contribution is 0.402. The van der Waals surface area contributed by atoms with E-state index in [1.807, 2.05) is 13.8 Å². The summed E-state index contributed by atoms with van der Waals surface area (Å²) in [6.45, 7) is 3.91. The van der Waals surface area contributed by atoms with E-state index in [1.54, 1.807) is 24.3 Å². The highest BCUT2D eigenvalue weighted by molar-refractivity contribution is 5.55. The Balaban J connectivity index is 1.65. The van der Waals surface area contributed by atoms with Crippen LogP contribution < -0.4 is 0 Å². The summed E-state index contributed by atoms with van der Waals surface area (Å²) in [4.78, 5) is 0. The Hall–Kier alpha value is -3.28. The number of nitrogens with zero attached hydrogens (tertiary/aromatic N) is 6. The molecule has 9 nitrogen and oxygen atoms in total. The number of aromatic nitrogens is 6. The Kier molecular flexibility index (Phi) is 5.22. The standard InChI is InChI=1S/C17H19N7O2/c1-10(15-19-23-24-20-15)6-12(9-18)7-11(2)16-21-22-17(26-16)13-4-3-5-14(25)8-13/h3-5,8,10-12,25H,6-7H2,1-2H3,(H,19,20,23,24). The molecule has 2 aromatic heterocycles. The average molecular weight is 353 g/mol. The predicted molar refractivity (Wildman–Crippen MR) is 90.7 cm³/mol. The summed E-state index contributed by atoms with van der Waals surface area (Å²) in [6, 6.07) is 8.97. The molecule has 0 fully saturated rings. The van der Waals surface area contributed by atoms with Gasteiger partial charge in [0.05, 0.1) is 6.07 Å². The van der Waals surface area contributed by atoms with E-state index >= 15 is 0 Å². The highest BCUT2D eigenvalue weighted by Gasteiger charge is 2.23. The Labute approximate surface area is 150 Å². The monoisotopic (exact) mass is 353 g/mol. The Morgan fingerprint density at radius 1 is 1.19 bits per heavy atom. The van der Waals surface area contributed by atoms with E-state index in [0.29, 0.717) is 36.0 Å². The number of tetrazole rings is 1. The summed E-state index contributed by atoms with van der Waals surface area (Å²) in [5.41, 5.74) is 0.651. The number of phenols is 1. The predicted octanol–water partition coefficient (Wildman–Crippen LogP) is 2.78. The zero-order chi connectivity index (χ0) is 18.5. The molecule has 3 aromatic rings. The van der Waals surface area contributed by atoms with Crippen molar-refractivity contribution in [3.8, 4) is 23.3 Å². The third kappa shape index (κ3) is 4.03. The molecule has 26 heavy (non-hydrogen) atoms. The smallest absolute Gasteiger partial charge is 0.247 e. The molecule has 2 heterocycles. The SMILES string of the molecule is CC(CC(C#N)CC(C)c1nnc(-c2cccc(O)c2)o1)c1nn[nH]n1. The van der Waals surface area contributed by atoms with Gasteiger partial charge in [-0.2, -0.15) is 10.5 Å². The van der Waals surface area contributed by atoms with Gasteiger partial charge in [-0.25, -0.2) is 0 Å². The molecule has 0 saturated carbocycles. The van der Waals surface area contributed by atoms with E-state index in [0.717, 1.165) is 0 Å². The minimum atomic E-state index is -0.199. The van der Waals surface area contributed by atoms with Crippen LogP contribution in [0.5, 0.6) is 5.75 Å². The van der Waals surface area contributed by atoms with Crippen LogP contribution in [0.25, 0.3) is 11.5 Å². The van der Waals surface area contributed by atoms with E-state index in [-0.39, 0.29) is 23.5 Å². The van der Waals surface area contributed by atoms with Crippen molar-refractivity contribution in [2.24, 2.45) is 5.92 Å². The number of nitriles is 1. The molecular weight excluding hydrogens is 334 g/mol. The number of aromatic hydroxyl groups is 1. The maximum absolute atomic E-state index is 9.56. The first-order valence-corrected chi connectivity index (χ1v) is 8.32. The van der Waals surface area contributed by atoms with Gasteiger partial charge in [0.1, 0.15) is 5.75 Å². The highest BCUT2D eigenvalue weighted by Crippen LogP contribution is 2.30. The van der Waals surface area contributed by atoms with Gasteiger partial charge >= 0.3 is 0 Å². The Bertz CT molecular complexity index is 885. The summed E-state index contributed by atoms with van der Waals surface area (Å²) in [7, 11) is 0. The number of H-pyrrole nitrogens is 1. The molecule has 134 valence electrons. The van der Waals surface area contributed by atoms with Crippen LogP contribution >= 0.6 is 0 Å². The lowest BCUT2D eigenvalue weighted by Crippen LogP contribution is -2.09. The first-order valence-electron chi connectivity index (χ1n) is 8.32. The average Bonchev–Trinajstić information content (AvgIpc) is 3.32. The Morgan fingerprint density at radius 2 is 2.00 bits per heavy atom. The van der Waals surface area contributed by atoms with E-state index in [9.17, 15) is 10.4 Å². The van der Waals surface area contributed by atoms with Crippen molar-refractivity contribution in [1.82, 2.24) is 30.8 Å². The summed E-state index contributed by atoms with van der Waals surface area (Å²) in [5, 5.41) is 41.1. The normalized spacial score (nSPS) is 14.5. The minimum absolute atomic E-state index is 0.0242. The fourth-order valence-corrected chi connectivity index (χ4v) is 2.83. The molecule has 3 rings (SSSR count). The fraction of sp³-hybridized carbons (Fsp3) is 0.412.